The van der Waals surface area contributed by atoms with E-state index in [2.05, 4.69) is 10.6 Å². The van der Waals surface area contributed by atoms with Crippen LogP contribution in [0.15, 0.2) is 66.7 Å². The predicted molar refractivity (Wildman–Crippen MR) is 116 cm³/mol. The first-order chi connectivity index (χ1) is 14.0. The number of hydrogen-bond donors (Lipinski definition) is 2. The number of nitrogens with one attached hydrogen (secondary N) is 2. The van der Waals surface area contributed by atoms with Crippen molar-refractivity contribution in [3.8, 4) is 5.75 Å². The number of fused-ring (bicyclic) bond motifs is 1. The van der Waals surface area contributed by atoms with Crippen LogP contribution in [0, 0.1) is 0 Å². The van der Waals surface area contributed by atoms with Gasteiger partial charge in [0.15, 0.2) is 0 Å². The van der Waals surface area contributed by atoms with Gasteiger partial charge in [0.05, 0.1) is 25.4 Å². The first-order valence-corrected chi connectivity index (χ1v) is 9.41. The van der Waals surface area contributed by atoms with Crippen LogP contribution in [-0.2, 0) is 9.59 Å². The van der Waals surface area contributed by atoms with Crippen LogP contribution in [0.4, 0.5) is 11.4 Å². The van der Waals surface area contributed by atoms with Crippen LogP contribution in [0.25, 0.3) is 10.8 Å². The molecule has 150 valence electrons. The highest BCUT2D eigenvalue weighted by Crippen LogP contribution is 2.24. The SMILES string of the molecule is COc1ccccc1NC(=O)[C@@H](C)N(C)CC(=O)Nc1cccc2ccccc12. The molecule has 2 N–H and O–H groups in total. The maximum atomic E-state index is 12.6. The van der Waals surface area contributed by atoms with Gasteiger partial charge < -0.3 is 15.4 Å². The number of ether oxygens (including phenoxy) is 1. The standard InChI is InChI=1S/C23H25N3O3/c1-16(23(28)25-20-12-6-7-14-21(20)29-3)26(2)15-22(27)24-19-13-8-10-17-9-4-5-11-18(17)19/h4-14,16H,15H2,1-3H3,(H,24,27)(H,25,28)/t16-/m1/s1. The summed E-state index contributed by atoms with van der Waals surface area (Å²) in [6.07, 6.45) is 0. The van der Waals surface area contributed by atoms with Gasteiger partial charge in [-0.25, -0.2) is 0 Å². The van der Waals surface area contributed by atoms with Crippen molar-refractivity contribution in [3.05, 3.63) is 66.7 Å². The second kappa shape index (κ2) is 9.21. The van der Waals surface area contributed by atoms with Crippen molar-refractivity contribution < 1.29 is 14.3 Å². The predicted octanol–water partition coefficient (Wildman–Crippen LogP) is 3.75. The number of nitrogens with zero attached hydrogens (tertiary/aromatic N) is 1. The fourth-order valence-electron chi connectivity index (χ4n) is 3.07. The highest BCUT2D eigenvalue weighted by molar-refractivity contribution is 6.03. The van der Waals surface area contributed by atoms with Gasteiger partial charge in [-0.05, 0) is 37.6 Å². The molecule has 6 heteroatoms. The van der Waals surface area contributed by atoms with E-state index in [1.807, 2.05) is 54.6 Å². The van der Waals surface area contributed by atoms with E-state index in [-0.39, 0.29) is 18.4 Å². The van der Waals surface area contributed by atoms with Gasteiger partial charge in [-0.1, -0.05) is 48.5 Å². The largest absolute Gasteiger partial charge is 0.495 e. The average molecular weight is 391 g/mol. The molecule has 0 aromatic heterocycles. The molecule has 6 nitrogen and oxygen atoms in total. The lowest BCUT2D eigenvalue weighted by molar-refractivity contribution is -0.122. The summed E-state index contributed by atoms with van der Waals surface area (Å²) >= 11 is 0. The number of carbonyl (C=O) groups excluding carboxylic acids is 2. The Bertz CT molecular complexity index is 1010. The van der Waals surface area contributed by atoms with E-state index >= 15 is 0 Å². The molecule has 3 rings (SSSR count). The van der Waals surface area contributed by atoms with E-state index in [0.29, 0.717) is 11.4 Å². The van der Waals surface area contributed by atoms with E-state index in [1.54, 1.807) is 38.1 Å². The number of rotatable bonds is 7. The summed E-state index contributed by atoms with van der Waals surface area (Å²) in [6, 6.07) is 20.4. The molecule has 0 heterocycles. The summed E-state index contributed by atoms with van der Waals surface area (Å²) in [5.41, 5.74) is 1.35. The van der Waals surface area contributed by atoms with Crippen molar-refractivity contribution in [3.63, 3.8) is 0 Å². The quantitative estimate of drug-likeness (QED) is 0.644. The zero-order valence-electron chi connectivity index (χ0n) is 16.8. The van der Waals surface area contributed by atoms with Crippen molar-refractivity contribution in [1.82, 2.24) is 4.90 Å². The van der Waals surface area contributed by atoms with Crippen LogP contribution < -0.4 is 15.4 Å². The van der Waals surface area contributed by atoms with Crippen LogP contribution in [0.5, 0.6) is 5.75 Å². The van der Waals surface area contributed by atoms with Crippen LogP contribution in [-0.4, -0.2) is 43.5 Å². The maximum absolute atomic E-state index is 12.6. The van der Waals surface area contributed by atoms with E-state index in [4.69, 9.17) is 4.74 Å². The van der Waals surface area contributed by atoms with Crippen LogP contribution in [0.3, 0.4) is 0 Å². The minimum Gasteiger partial charge on any atom is -0.495 e. The molecule has 0 aliphatic heterocycles. The van der Waals surface area contributed by atoms with Gasteiger partial charge >= 0.3 is 0 Å². The maximum Gasteiger partial charge on any atom is 0.241 e. The molecular weight excluding hydrogens is 366 g/mol. The molecule has 0 unspecified atom stereocenters. The summed E-state index contributed by atoms with van der Waals surface area (Å²) < 4.78 is 5.26. The minimum absolute atomic E-state index is 0.0870. The molecule has 0 fully saturated rings. The lowest BCUT2D eigenvalue weighted by Crippen LogP contribution is -2.43. The van der Waals surface area contributed by atoms with Gasteiger partial charge in [0, 0.05) is 11.1 Å². The molecule has 0 aliphatic carbocycles. The monoisotopic (exact) mass is 391 g/mol. The molecule has 0 aliphatic rings. The second-order valence-corrected chi connectivity index (χ2v) is 6.86. The lowest BCUT2D eigenvalue weighted by Gasteiger charge is -2.23. The molecule has 3 aromatic carbocycles. The van der Waals surface area contributed by atoms with Crippen LogP contribution >= 0.6 is 0 Å². The van der Waals surface area contributed by atoms with Crippen molar-refractivity contribution >= 4 is 34.0 Å². The zero-order valence-corrected chi connectivity index (χ0v) is 16.8. The Labute approximate surface area is 170 Å². The number of amides is 2. The molecule has 2 amide bonds. The number of hydrogen-bond acceptors (Lipinski definition) is 4. The smallest absolute Gasteiger partial charge is 0.241 e. The van der Waals surface area contributed by atoms with Gasteiger partial charge in [-0.15, -0.1) is 0 Å². The normalized spacial score (nSPS) is 11.9. The molecule has 0 radical (unpaired) electrons. The van der Waals surface area contributed by atoms with Crippen molar-refractivity contribution in [1.29, 1.82) is 0 Å². The van der Waals surface area contributed by atoms with E-state index in [0.717, 1.165) is 16.5 Å². The number of methoxy groups -OCH3 is 1. The van der Waals surface area contributed by atoms with Crippen LogP contribution in [0.2, 0.25) is 0 Å². The molecule has 0 bridgehead atoms. The third kappa shape index (κ3) is 4.92. The van der Waals surface area contributed by atoms with Gasteiger partial charge in [0.2, 0.25) is 11.8 Å². The third-order valence-corrected chi connectivity index (χ3v) is 4.86. The van der Waals surface area contributed by atoms with E-state index in [9.17, 15) is 9.59 Å². The van der Waals surface area contributed by atoms with Gasteiger partial charge in [0.1, 0.15) is 5.75 Å². The molecule has 0 saturated carbocycles. The van der Waals surface area contributed by atoms with E-state index in [1.165, 1.54) is 0 Å². The summed E-state index contributed by atoms with van der Waals surface area (Å²) in [5, 5.41) is 7.84. The highest BCUT2D eigenvalue weighted by atomic mass is 16.5. The minimum atomic E-state index is -0.502. The number of anilines is 2. The van der Waals surface area contributed by atoms with Gasteiger partial charge in [-0.3, -0.25) is 14.5 Å². The molecule has 3 aromatic rings. The Hall–Kier alpha value is -3.38. The molecular formula is C23H25N3O3. The highest BCUT2D eigenvalue weighted by Gasteiger charge is 2.21. The number of para-hydroxylation sites is 2. The second-order valence-electron chi connectivity index (χ2n) is 6.86. The Balaban J connectivity index is 1.62. The molecule has 0 saturated heterocycles. The summed E-state index contributed by atoms with van der Waals surface area (Å²) in [5.74, 6) is 0.195. The van der Waals surface area contributed by atoms with Crippen molar-refractivity contribution in [2.45, 2.75) is 13.0 Å². The topological polar surface area (TPSA) is 70.7 Å². The third-order valence-electron chi connectivity index (χ3n) is 4.86. The molecule has 0 spiro atoms. The van der Waals surface area contributed by atoms with Crippen molar-refractivity contribution in [2.75, 3.05) is 31.3 Å². The lowest BCUT2D eigenvalue weighted by atomic mass is 10.1. The Morgan fingerprint density at radius 1 is 0.931 bits per heavy atom. The van der Waals surface area contributed by atoms with Gasteiger partial charge in [0.25, 0.3) is 0 Å². The first kappa shape index (κ1) is 20.4. The first-order valence-electron chi connectivity index (χ1n) is 9.41. The summed E-state index contributed by atoms with van der Waals surface area (Å²) in [6.45, 7) is 1.85. The number of carbonyl (C=O) groups is 2. The molecule has 1 atom stereocenters. The number of likely N-dealkylation sites (N-methyl/N-ethyl adjacent to an activating group) is 1. The summed E-state index contributed by atoms with van der Waals surface area (Å²) in [7, 11) is 3.30. The zero-order chi connectivity index (χ0) is 20.8. The Morgan fingerprint density at radius 2 is 1.59 bits per heavy atom. The van der Waals surface area contributed by atoms with E-state index < -0.39 is 6.04 Å². The summed E-state index contributed by atoms with van der Waals surface area (Å²) in [4.78, 5) is 26.8. The van der Waals surface area contributed by atoms with Crippen LogP contribution in [0.1, 0.15) is 6.92 Å². The Kier molecular flexibility index (Phi) is 6.46. The Morgan fingerprint density at radius 3 is 2.38 bits per heavy atom. The fourth-order valence-corrected chi connectivity index (χ4v) is 3.07. The number of benzene rings is 3. The van der Waals surface area contributed by atoms with Gasteiger partial charge in [-0.2, -0.15) is 0 Å². The molecule has 29 heavy (non-hydrogen) atoms. The average Bonchev–Trinajstić information content (AvgIpc) is 2.73. The van der Waals surface area contributed by atoms with Crippen molar-refractivity contribution in [2.24, 2.45) is 0 Å². The fraction of sp³-hybridized carbons (Fsp3) is 0.217.